The average Bonchev–Trinajstić information content (AvgIpc) is 3.71. The Kier molecular flexibility index (Phi) is 6.98. The minimum atomic E-state index is 0.565. The molecule has 5 aromatic carbocycles. The third-order valence-corrected chi connectivity index (χ3v) is 9.23. The van der Waals surface area contributed by atoms with Gasteiger partial charge < -0.3 is 4.42 Å². The van der Waals surface area contributed by atoms with Crippen LogP contribution in [0.3, 0.4) is 0 Å². The van der Waals surface area contributed by atoms with E-state index >= 15 is 0 Å². The van der Waals surface area contributed by atoms with Crippen molar-refractivity contribution in [1.29, 1.82) is 0 Å². The van der Waals surface area contributed by atoms with Gasteiger partial charge in [-0.05, 0) is 47.4 Å². The van der Waals surface area contributed by atoms with Crippen LogP contribution in [-0.2, 0) is 6.42 Å². The Labute approximate surface area is 284 Å². The Morgan fingerprint density at radius 3 is 2.06 bits per heavy atom. The van der Waals surface area contributed by atoms with Gasteiger partial charge in [0.25, 0.3) is 0 Å². The summed E-state index contributed by atoms with van der Waals surface area (Å²) >= 11 is 0. The smallest absolute Gasteiger partial charge is 0.235 e. The molecule has 1 aliphatic carbocycles. The summed E-state index contributed by atoms with van der Waals surface area (Å²) in [6.45, 7) is 4.57. The van der Waals surface area contributed by atoms with Crippen molar-refractivity contribution < 1.29 is 4.42 Å². The monoisotopic (exact) mass is 629 g/mol. The summed E-state index contributed by atoms with van der Waals surface area (Å²) in [7, 11) is 0. The highest BCUT2D eigenvalue weighted by molar-refractivity contribution is 6.04. The van der Waals surface area contributed by atoms with Gasteiger partial charge in [0.05, 0.1) is 16.9 Å². The highest BCUT2D eigenvalue weighted by Gasteiger charge is 2.28. The third-order valence-electron chi connectivity index (χ3n) is 9.23. The van der Waals surface area contributed by atoms with E-state index in [9.17, 15) is 0 Å². The van der Waals surface area contributed by atoms with Crippen molar-refractivity contribution in [2.75, 3.05) is 0 Å². The molecule has 4 heteroatoms. The molecule has 49 heavy (non-hydrogen) atoms. The third kappa shape index (κ3) is 5.02. The van der Waals surface area contributed by atoms with Gasteiger partial charge in [-0.1, -0.05) is 146 Å². The number of hydrogen-bond donors (Lipinski definition) is 0. The predicted molar refractivity (Wildman–Crippen MR) is 201 cm³/mol. The lowest BCUT2D eigenvalue weighted by Gasteiger charge is -2.15. The number of allylic oxidation sites excluding steroid dienone is 5. The molecule has 0 amide bonds. The van der Waals surface area contributed by atoms with Crippen LogP contribution in [0.4, 0.5) is 0 Å². The molecule has 0 fully saturated rings. The van der Waals surface area contributed by atoms with Gasteiger partial charge in [-0.3, -0.25) is 4.57 Å². The van der Waals surface area contributed by atoms with Crippen molar-refractivity contribution in [3.05, 3.63) is 182 Å². The fraction of sp³-hybridized carbons (Fsp3) is 0.0222. The number of hydrogen-bond acceptors (Lipinski definition) is 3. The lowest BCUT2D eigenvalue weighted by atomic mass is 9.97. The van der Waals surface area contributed by atoms with E-state index in [1.54, 1.807) is 0 Å². The summed E-state index contributed by atoms with van der Waals surface area (Å²) in [5, 5.41) is 2.15. The normalized spacial score (nSPS) is 14.0. The van der Waals surface area contributed by atoms with Gasteiger partial charge in [0.1, 0.15) is 11.3 Å². The van der Waals surface area contributed by atoms with E-state index < -0.39 is 0 Å². The molecule has 0 saturated heterocycles. The van der Waals surface area contributed by atoms with Crippen LogP contribution in [-0.4, -0.2) is 14.5 Å². The van der Waals surface area contributed by atoms with E-state index in [1.807, 2.05) is 36.4 Å². The maximum absolute atomic E-state index is 6.81. The van der Waals surface area contributed by atoms with Crippen molar-refractivity contribution in [3.63, 3.8) is 0 Å². The van der Waals surface area contributed by atoms with Gasteiger partial charge in [-0.2, -0.15) is 0 Å². The lowest BCUT2D eigenvalue weighted by molar-refractivity contribution is 0.622. The first-order valence-corrected chi connectivity index (χ1v) is 16.5. The molecule has 9 rings (SSSR count). The molecular formula is C45H31N3O. The summed E-state index contributed by atoms with van der Waals surface area (Å²) in [6.07, 6.45) is 9.11. The Morgan fingerprint density at radius 2 is 1.24 bits per heavy atom. The van der Waals surface area contributed by atoms with Crippen molar-refractivity contribution in [2.45, 2.75) is 6.42 Å². The number of furan rings is 1. The van der Waals surface area contributed by atoms with Crippen LogP contribution in [0.15, 0.2) is 175 Å². The van der Waals surface area contributed by atoms with Crippen molar-refractivity contribution in [2.24, 2.45) is 0 Å². The number of fused-ring (bicyclic) bond motifs is 7. The second-order valence-electron chi connectivity index (χ2n) is 12.2. The van der Waals surface area contributed by atoms with E-state index in [0.29, 0.717) is 12.4 Å². The molecule has 3 aromatic heterocycles. The second-order valence-corrected chi connectivity index (χ2v) is 12.2. The molecule has 0 bridgehead atoms. The zero-order valence-corrected chi connectivity index (χ0v) is 26.8. The summed E-state index contributed by atoms with van der Waals surface area (Å²) in [5.74, 6) is 1.37. The van der Waals surface area contributed by atoms with Crippen LogP contribution in [0.1, 0.15) is 11.1 Å². The number of rotatable bonds is 4. The average molecular weight is 630 g/mol. The SMILES string of the molecule is C=C1/C=C\C=C/Cc2c(oc3ccccc23)-c2c1c1ccccc1n2-c1nc(-c2ccccc2)cc(-c2cccc(-c3ccccc3)c2)n1. The van der Waals surface area contributed by atoms with E-state index in [1.165, 1.54) is 0 Å². The lowest BCUT2D eigenvalue weighted by Crippen LogP contribution is -2.06. The van der Waals surface area contributed by atoms with Crippen LogP contribution in [0.5, 0.6) is 0 Å². The second kappa shape index (κ2) is 11.9. The van der Waals surface area contributed by atoms with E-state index in [-0.39, 0.29) is 0 Å². The maximum atomic E-state index is 6.81. The summed E-state index contributed by atoms with van der Waals surface area (Å²) in [4.78, 5) is 10.7. The van der Waals surface area contributed by atoms with E-state index in [0.717, 1.165) is 83.7 Å². The topological polar surface area (TPSA) is 43.9 Å². The Bertz CT molecular complexity index is 2590. The standard InChI is InChI=1S/C45H31N3O/c1-30-16-5-2-10-24-36-35-23-12-14-27-41(35)49-44(36)43-42(30)37-25-11-13-26-40(37)48(43)45-46-38(32-19-8-4-9-20-32)29-39(47-45)34-22-15-21-33(28-34)31-17-6-3-7-18-31/h2-23,25-29H,1,24H2/b10-2-,16-5-. The molecule has 232 valence electrons. The first kappa shape index (κ1) is 28.7. The molecule has 3 heterocycles. The molecule has 4 nitrogen and oxygen atoms in total. The molecule has 0 unspecified atom stereocenters. The van der Waals surface area contributed by atoms with Gasteiger partial charge in [0.2, 0.25) is 5.95 Å². The van der Waals surface area contributed by atoms with Gasteiger partial charge in [0.15, 0.2) is 5.76 Å². The number of para-hydroxylation sites is 2. The molecule has 0 N–H and O–H groups in total. The number of nitrogens with zero attached hydrogens (tertiary/aromatic N) is 3. The quantitative estimate of drug-likeness (QED) is 0.195. The molecular weight excluding hydrogens is 599 g/mol. The van der Waals surface area contributed by atoms with Crippen molar-refractivity contribution >= 4 is 27.4 Å². The number of aromatic nitrogens is 3. The van der Waals surface area contributed by atoms with E-state index in [4.69, 9.17) is 14.4 Å². The summed E-state index contributed by atoms with van der Waals surface area (Å²) in [5.41, 5.74) is 11.7. The number of benzene rings is 5. The Hall–Kier alpha value is -6.52. The highest BCUT2D eigenvalue weighted by Crippen LogP contribution is 2.44. The molecule has 8 aromatic rings. The molecule has 1 aliphatic rings. The minimum absolute atomic E-state index is 0.565. The summed E-state index contributed by atoms with van der Waals surface area (Å²) < 4.78 is 8.98. The van der Waals surface area contributed by atoms with Crippen molar-refractivity contribution in [3.8, 4) is 51.0 Å². The Balaban J connectivity index is 1.37. The van der Waals surface area contributed by atoms with Gasteiger partial charge in [-0.15, -0.1) is 0 Å². The minimum Gasteiger partial charge on any atom is -0.454 e. The van der Waals surface area contributed by atoms with Gasteiger partial charge in [0, 0.05) is 33.0 Å². The zero-order valence-electron chi connectivity index (χ0n) is 26.8. The van der Waals surface area contributed by atoms with Crippen LogP contribution in [0.2, 0.25) is 0 Å². The van der Waals surface area contributed by atoms with Gasteiger partial charge in [-0.25, -0.2) is 9.97 Å². The molecule has 0 aliphatic heterocycles. The molecule has 0 radical (unpaired) electrons. The Morgan fingerprint density at radius 1 is 0.592 bits per heavy atom. The fourth-order valence-corrected chi connectivity index (χ4v) is 6.93. The van der Waals surface area contributed by atoms with Crippen LogP contribution >= 0.6 is 0 Å². The first-order valence-electron chi connectivity index (χ1n) is 16.5. The highest BCUT2D eigenvalue weighted by atomic mass is 16.3. The summed E-state index contributed by atoms with van der Waals surface area (Å²) in [6, 6.07) is 48.1. The molecule has 0 spiro atoms. The van der Waals surface area contributed by atoms with Crippen molar-refractivity contribution in [1.82, 2.24) is 14.5 Å². The fourth-order valence-electron chi connectivity index (χ4n) is 6.93. The molecule has 0 saturated carbocycles. The molecule has 0 atom stereocenters. The maximum Gasteiger partial charge on any atom is 0.235 e. The first-order chi connectivity index (χ1) is 24.2. The largest absolute Gasteiger partial charge is 0.454 e. The zero-order chi connectivity index (χ0) is 32.7. The van der Waals surface area contributed by atoms with Crippen LogP contribution < -0.4 is 0 Å². The van der Waals surface area contributed by atoms with Crippen LogP contribution in [0, 0.1) is 0 Å². The van der Waals surface area contributed by atoms with Crippen LogP contribution in [0.25, 0.3) is 78.5 Å². The van der Waals surface area contributed by atoms with E-state index in [2.05, 4.69) is 139 Å². The van der Waals surface area contributed by atoms with Gasteiger partial charge >= 0.3 is 0 Å². The predicted octanol–water partition coefficient (Wildman–Crippen LogP) is 11.5.